The molecule has 0 spiro atoms. The highest BCUT2D eigenvalue weighted by atomic mass is 16.5. The van der Waals surface area contributed by atoms with Gasteiger partial charge in [-0.1, -0.05) is 12.8 Å². The molecular formula is C15H27NO3. The average Bonchev–Trinajstić information content (AvgIpc) is 2.43. The van der Waals surface area contributed by atoms with Crippen molar-refractivity contribution < 1.29 is 14.6 Å². The van der Waals surface area contributed by atoms with Crippen LogP contribution in [-0.2, 0) is 9.53 Å². The van der Waals surface area contributed by atoms with E-state index in [4.69, 9.17) is 9.84 Å². The quantitative estimate of drug-likeness (QED) is 0.805. The normalized spacial score (nSPS) is 29.7. The third-order valence-electron chi connectivity index (χ3n) is 4.68. The maximum atomic E-state index is 11.1. The molecule has 110 valence electrons. The van der Waals surface area contributed by atoms with Gasteiger partial charge in [0, 0.05) is 19.2 Å². The first-order chi connectivity index (χ1) is 9.22. The van der Waals surface area contributed by atoms with Gasteiger partial charge in [0.15, 0.2) is 6.10 Å². The molecule has 0 aromatic heterocycles. The van der Waals surface area contributed by atoms with E-state index in [0.717, 1.165) is 19.0 Å². The summed E-state index contributed by atoms with van der Waals surface area (Å²) in [6.07, 6.45) is 8.02. The van der Waals surface area contributed by atoms with Crippen molar-refractivity contribution in [1.82, 2.24) is 4.90 Å². The minimum atomic E-state index is -0.820. The van der Waals surface area contributed by atoms with E-state index in [1.165, 1.54) is 38.5 Å². The molecule has 0 amide bonds. The predicted molar refractivity (Wildman–Crippen MR) is 74.2 cm³/mol. The molecule has 0 aromatic rings. The van der Waals surface area contributed by atoms with Crippen molar-refractivity contribution in [1.29, 1.82) is 0 Å². The number of hydrogen-bond donors (Lipinski definition) is 1. The highest BCUT2D eigenvalue weighted by Crippen LogP contribution is 2.35. The summed E-state index contributed by atoms with van der Waals surface area (Å²) in [5.41, 5.74) is 0. The Morgan fingerprint density at radius 1 is 1.32 bits per heavy atom. The van der Waals surface area contributed by atoms with E-state index in [2.05, 4.69) is 4.90 Å². The second kappa shape index (κ2) is 7.25. The van der Waals surface area contributed by atoms with Crippen molar-refractivity contribution in [2.75, 3.05) is 19.7 Å². The van der Waals surface area contributed by atoms with Crippen LogP contribution in [0.3, 0.4) is 0 Å². The lowest BCUT2D eigenvalue weighted by Gasteiger charge is -2.44. The molecule has 1 saturated carbocycles. The Labute approximate surface area is 116 Å². The fraction of sp³-hybridized carbons (Fsp3) is 0.933. The van der Waals surface area contributed by atoms with Crippen LogP contribution in [0.2, 0.25) is 0 Å². The van der Waals surface area contributed by atoms with Crippen LogP contribution in [0.1, 0.15) is 51.9 Å². The smallest absolute Gasteiger partial charge is 0.332 e. The number of rotatable bonds is 6. The summed E-state index contributed by atoms with van der Waals surface area (Å²) in [5, 5.41) is 9.12. The van der Waals surface area contributed by atoms with Crippen LogP contribution in [0.25, 0.3) is 0 Å². The Kier molecular flexibility index (Phi) is 5.64. The van der Waals surface area contributed by atoms with Gasteiger partial charge in [0.05, 0.1) is 0 Å². The molecule has 3 atom stereocenters. The fourth-order valence-corrected chi connectivity index (χ4v) is 3.77. The second-order valence-corrected chi connectivity index (χ2v) is 5.86. The number of aliphatic carboxylic acids is 1. The maximum Gasteiger partial charge on any atom is 0.332 e. The van der Waals surface area contributed by atoms with E-state index in [1.807, 2.05) is 6.92 Å². The number of hydrogen-bond acceptors (Lipinski definition) is 3. The summed E-state index contributed by atoms with van der Waals surface area (Å²) in [5.74, 6) is 0.0388. The van der Waals surface area contributed by atoms with Crippen molar-refractivity contribution in [3.05, 3.63) is 0 Å². The minimum absolute atomic E-state index is 0.475. The largest absolute Gasteiger partial charge is 0.479 e. The van der Waals surface area contributed by atoms with Gasteiger partial charge in [-0.15, -0.1) is 0 Å². The molecule has 4 heteroatoms. The van der Waals surface area contributed by atoms with Gasteiger partial charge in [-0.05, 0) is 51.5 Å². The molecule has 0 radical (unpaired) electrons. The lowest BCUT2D eigenvalue weighted by Crippen LogP contribution is -2.48. The summed E-state index contributed by atoms with van der Waals surface area (Å²) in [7, 11) is 0. The highest BCUT2D eigenvalue weighted by molar-refractivity contribution is 5.72. The van der Waals surface area contributed by atoms with E-state index < -0.39 is 12.1 Å². The Hall–Kier alpha value is -0.610. The zero-order valence-electron chi connectivity index (χ0n) is 12.0. The van der Waals surface area contributed by atoms with Crippen LogP contribution in [0.15, 0.2) is 0 Å². The number of carboxylic acids is 1. The van der Waals surface area contributed by atoms with Crippen molar-refractivity contribution in [3.63, 3.8) is 0 Å². The van der Waals surface area contributed by atoms with E-state index in [0.29, 0.717) is 19.1 Å². The first kappa shape index (κ1) is 14.8. The molecule has 4 nitrogen and oxygen atoms in total. The number of carbonyl (C=O) groups is 1. The molecule has 1 saturated heterocycles. The van der Waals surface area contributed by atoms with Crippen LogP contribution >= 0.6 is 0 Å². The van der Waals surface area contributed by atoms with Gasteiger partial charge in [0.1, 0.15) is 0 Å². The van der Waals surface area contributed by atoms with E-state index in [9.17, 15) is 4.79 Å². The molecule has 19 heavy (non-hydrogen) atoms. The third-order valence-corrected chi connectivity index (χ3v) is 4.68. The van der Waals surface area contributed by atoms with E-state index >= 15 is 0 Å². The highest BCUT2D eigenvalue weighted by Gasteiger charge is 2.33. The Morgan fingerprint density at radius 3 is 2.79 bits per heavy atom. The zero-order chi connectivity index (χ0) is 13.7. The van der Waals surface area contributed by atoms with Crippen LogP contribution < -0.4 is 0 Å². The lowest BCUT2D eigenvalue weighted by molar-refractivity contribution is -0.151. The number of piperidine rings is 1. The molecule has 1 N–H and O–H groups in total. The van der Waals surface area contributed by atoms with Crippen LogP contribution in [0, 0.1) is 5.92 Å². The third kappa shape index (κ3) is 3.93. The maximum absolute atomic E-state index is 11.1. The molecular weight excluding hydrogens is 242 g/mol. The summed E-state index contributed by atoms with van der Waals surface area (Å²) >= 11 is 0. The van der Waals surface area contributed by atoms with Gasteiger partial charge < -0.3 is 9.84 Å². The number of likely N-dealkylation sites (tertiary alicyclic amines) is 1. The van der Waals surface area contributed by atoms with Gasteiger partial charge in [-0.3, -0.25) is 4.90 Å². The number of fused-ring (bicyclic) bond motifs is 1. The minimum Gasteiger partial charge on any atom is -0.479 e. The molecule has 2 aliphatic rings. The Morgan fingerprint density at radius 2 is 2.05 bits per heavy atom. The summed E-state index contributed by atoms with van der Waals surface area (Å²) in [6.45, 7) is 4.34. The second-order valence-electron chi connectivity index (χ2n) is 5.86. The number of carboxylic acid groups (broad SMARTS) is 1. The first-order valence-electron chi connectivity index (χ1n) is 7.80. The van der Waals surface area contributed by atoms with Crippen molar-refractivity contribution in [2.24, 2.45) is 5.92 Å². The van der Waals surface area contributed by atoms with Crippen molar-refractivity contribution in [3.8, 4) is 0 Å². The van der Waals surface area contributed by atoms with Crippen LogP contribution in [-0.4, -0.2) is 47.8 Å². The molecule has 1 heterocycles. The molecule has 3 unspecified atom stereocenters. The van der Waals surface area contributed by atoms with Crippen molar-refractivity contribution >= 4 is 5.97 Å². The van der Waals surface area contributed by atoms with Crippen LogP contribution in [0.4, 0.5) is 0 Å². The molecule has 2 rings (SSSR count). The predicted octanol–water partition coefficient (Wildman–Crippen LogP) is 2.52. The van der Waals surface area contributed by atoms with Gasteiger partial charge in [0.2, 0.25) is 0 Å². The molecule has 0 aromatic carbocycles. The SMILES string of the molecule is CCOC(CCN1CCCC2CCCCC21)C(=O)O. The van der Waals surface area contributed by atoms with Gasteiger partial charge in [-0.2, -0.15) is 0 Å². The fourth-order valence-electron chi connectivity index (χ4n) is 3.77. The average molecular weight is 269 g/mol. The standard InChI is InChI=1S/C15H27NO3/c1-2-19-14(15(17)18)9-11-16-10-5-7-12-6-3-4-8-13(12)16/h12-14H,2-11H2,1H3,(H,17,18). The molecule has 2 fully saturated rings. The first-order valence-corrected chi connectivity index (χ1v) is 7.80. The van der Waals surface area contributed by atoms with E-state index in [1.54, 1.807) is 0 Å². The number of ether oxygens (including phenoxy) is 1. The van der Waals surface area contributed by atoms with Crippen molar-refractivity contribution in [2.45, 2.75) is 64.0 Å². The lowest BCUT2D eigenvalue weighted by atomic mass is 9.78. The molecule has 1 aliphatic carbocycles. The van der Waals surface area contributed by atoms with Gasteiger partial charge in [0.25, 0.3) is 0 Å². The molecule has 0 bridgehead atoms. The Bertz CT molecular complexity index is 293. The molecule has 1 aliphatic heterocycles. The zero-order valence-corrected chi connectivity index (χ0v) is 12.0. The van der Waals surface area contributed by atoms with Crippen LogP contribution in [0.5, 0.6) is 0 Å². The topological polar surface area (TPSA) is 49.8 Å². The van der Waals surface area contributed by atoms with Gasteiger partial charge >= 0.3 is 5.97 Å². The van der Waals surface area contributed by atoms with Gasteiger partial charge in [-0.25, -0.2) is 4.79 Å². The monoisotopic (exact) mass is 269 g/mol. The summed E-state index contributed by atoms with van der Waals surface area (Å²) in [6, 6.07) is 0.707. The summed E-state index contributed by atoms with van der Waals surface area (Å²) in [4.78, 5) is 13.6. The van der Waals surface area contributed by atoms with E-state index in [-0.39, 0.29) is 0 Å². The Balaban J connectivity index is 1.84. The number of nitrogens with zero attached hydrogens (tertiary/aromatic N) is 1. The summed E-state index contributed by atoms with van der Waals surface area (Å²) < 4.78 is 5.30.